The largest absolute Gasteiger partial charge is 0.382 e. The van der Waals surface area contributed by atoms with E-state index in [1.54, 1.807) is 0 Å². The highest BCUT2D eigenvalue weighted by Crippen LogP contribution is 2.21. The molecule has 0 aromatic carbocycles. The molecule has 0 unspecified atom stereocenters. The summed E-state index contributed by atoms with van der Waals surface area (Å²) < 4.78 is 5.37. The predicted molar refractivity (Wildman–Crippen MR) is 84.0 cm³/mol. The first-order valence-electron chi connectivity index (χ1n) is 8.68. The maximum absolute atomic E-state index is 5.37. The van der Waals surface area contributed by atoms with E-state index in [9.17, 15) is 0 Å². The summed E-state index contributed by atoms with van der Waals surface area (Å²) in [6.07, 6.45) is 8.68. The summed E-state index contributed by atoms with van der Waals surface area (Å²) in [4.78, 5) is 5.43. The third-order valence-electron chi connectivity index (χ3n) is 4.55. The molecule has 1 N–H and O–H groups in total. The fourth-order valence-corrected chi connectivity index (χ4v) is 3.48. The van der Waals surface area contributed by atoms with Crippen LogP contribution in [0.15, 0.2) is 0 Å². The molecule has 0 aromatic rings. The van der Waals surface area contributed by atoms with E-state index in [1.807, 2.05) is 0 Å². The highest BCUT2D eigenvalue weighted by Gasteiger charge is 2.28. The van der Waals surface area contributed by atoms with Gasteiger partial charge in [0.1, 0.15) is 0 Å². The number of nitrogens with one attached hydrogen (secondary N) is 1. The van der Waals surface area contributed by atoms with Gasteiger partial charge in [0, 0.05) is 13.2 Å². The van der Waals surface area contributed by atoms with E-state index in [-0.39, 0.29) is 0 Å². The highest BCUT2D eigenvalue weighted by molar-refractivity contribution is 4.80. The lowest BCUT2D eigenvalue weighted by atomic mass is 10.2. The van der Waals surface area contributed by atoms with Gasteiger partial charge in [-0.3, -0.25) is 9.80 Å². The third-order valence-corrected chi connectivity index (χ3v) is 4.55. The van der Waals surface area contributed by atoms with Crippen molar-refractivity contribution in [1.29, 1.82) is 0 Å². The van der Waals surface area contributed by atoms with Crippen LogP contribution < -0.4 is 5.32 Å². The summed E-state index contributed by atoms with van der Waals surface area (Å²) >= 11 is 0. The Labute approximate surface area is 124 Å². The van der Waals surface area contributed by atoms with Crippen LogP contribution in [0, 0.1) is 0 Å². The average Bonchev–Trinajstić information content (AvgIpc) is 3.14. The van der Waals surface area contributed by atoms with E-state index in [1.165, 1.54) is 58.3 Å². The van der Waals surface area contributed by atoms with Gasteiger partial charge >= 0.3 is 0 Å². The molecule has 2 aliphatic rings. The van der Waals surface area contributed by atoms with Crippen molar-refractivity contribution in [3.63, 3.8) is 0 Å². The monoisotopic (exact) mass is 283 g/mol. The molecule has 2 heterocycles. The first-order valence-corrected chi connectivity index (χ1v) is 8.68. The van der Waals surface area contributed by atoms with Crippen LogP contribution in [0.25, 0.3) is 0 Å². The summed E-state index contributed by atoms with van der Waals surface area (Å²) in [6.45, 7) is 11.3. The molecule has 0 aromatic heterocycles. The van der Waals surface area contributed by atoms with Crippen molar-refractivity contribution in [1.82, 2.24) is 15.1 Å². The summed E-state index contributed by atoms with van der Waals surface area (Å²) in [5, 5.41) is 3.59. The van der Waals surface area contributed by atoms with E-state index in [0.29, 0.717) is 6.17 Å². The van der Waals surface area contributed by atoms with Crippen LogP contribution in [0.5, 0.6) is 0 Å². The molecule has 20 heavy (non-hydrogen) atoms. The zero-order valence-electron chi connectivity index (χ0n) is 13.3. The summed E-state index contributed by atoms with van der Waals surface area (Å²) in [6, 6.07) is 0. The normalized spacial score (nSPS) is 21.3. The first kappa shape index (κ1) is 16.2. The van der Waals surface area contributed by atoms with Crippen molar-refractivity contribution in [3.8, 4) is 0 Å². The molecule has 2 fully saturated rings. The van der Waals surface area contributed by atoms with Gasteiger partial charge in [0.15, 0.2) is 0 Å². The molecule has 118 valence electrons. The average molecular weight is 283 g/mol. The molecule has 0 bridgehead atoms. The second-order valence-corrected chi connectivity index (χ2v) is 6.06. The lowest BCUT2D eigenvalue weighted by molar-refractivity contribution is 0.0719. The molecule has 2 aliphatic heterocycles. The predicted octanol–water partition coefficient (Wildman–Crippen LogP) is 1.91. The van der Waals surface area contributed by atoms with E-state index in [4.69, 9.17) is 4.74 Å². The maximum atomic E-state index is 5.37. The van der Waals surface area contributed by atoms with Gasteiger partial charge in [0.25, 0.3) is 0 Å². The minimum atomic E-state index is 0.694. The van der Waals surface area contributed by atoms with Crippen LogP contribution in [-0.2, 0) is 4.74 Å². The van der Waals surface area contributed by atoms with Crippen LogP contribution in [-0.4, -0.2) is 68.4 Å². The summed E-state index contributed by atoms with van der Waals surface area (Å²) in [5.74, 6) is 0. The van der Waals surface area contributed by atoms with Gasteiger partial charge in [-0.15, -0.1) is 0 Å². The van der Waals surface area contributed by atoms with Crippen LogP contribution in [0.1, 0.15) is 45.4 Å². The quantitative estimate of drug-likeness (QED) is 0.620. The Morgan fingerprint density at radius 1 is 0.950 bits per heavy atom. The molecule has 2 rings (SSSR count). The molecule has 4 nitrogen and oxygen atoms in total. The number of nitrogens with zero attached hydrogens (tertiary/aromatic N) is 2. The Morgan fingerprint density at radius 2 is 1.55 bits per heavy atom. The van der Waals surface area contributed by atoms with E-state index < -0.39 is 0 Å². The van der Waals surface area contributed by atoms with Crippen LogP contribution in [0.3, 0.4) is 0 Å². The Bertz CT molecular complexity index is 222. The zero-order valence-corrected chi connectivity index (χ0v) is 13.3. The summed E-state index contributed by atoms with van der Waals surface area (Å²) in [5.41, 5.74) is 0. The Kier molecular flexibility index (Phi) is 7.88. The van der Waals surface area contributed by atoms with Gasteiger partial charge in [0.05, 0.1) is 6.17 Å². The second kappa shape index (κ2) is 9.72. The van der Waals surface area contributed by atoms with Crippen molar-refractivity contribution in [2.45, 2.75) is 51.6 Å². The topological polar surface area (TPSA) is 27.7 Å². The molecular weight excluding hydrogens is 250 g/mol. The number of ether oxygens (including phenoxy) is 1. The highest BCUT2D eigenvalue weighted by atomic mass is 16.5. The van der Waals surface area contributed by atoms with Crippen molar-refractivity contribution >= 4 is 0 Å². The molecule has 0 saturated carbocycles. The van der Waals surface area contributed by atoms with Gasteiger partial charge in [0.2, 0.25) is 0 Å². The SMILES string of the molecule is CCOCCCNCCC(N1CCCC1)N1CCCC1. The minimum absolute atomic E-state index is 0.694. The van der Waals surface area contributed by atoms with E-state index in [0.717, 1.165) is 32.7 Å². The molecular formula is C16H33N3O. The van der Waals surface area contributed by atoms with E-state index >= 15 is 0 Å². The van der Waals surface area contributed by atoms with Crippen molar-refractivity contribution in [3.05, 3.63) is 0 Å². The van der Waals surface area contributed by atoms with Crippen molar-refractivity contribution in [2.75, 3.05) is 52.5 Å². The minimum Gasteiger partial charge on any atom is -0.382 e. The summed E-state index contributed by atoms with van der Waals surface area (Å²) in [7, 11) is 0. The van der Waals surface area contributed by atoms with Crippen molar-refractivity contribution in [2.24, 2.45) is 0 Å². The third kappa shape index (κ3) is 5.32. The Morgan fingerprint density at radius 3 is 2.10 bits per heavy atom. The van der Waals surface area contributed by atoms with Crippen molar-refractivity contribution < 1.29 is 4.74 Å². The first-order chi connectivity index (χ1) is 9.92. The lowest BCUT2D eigenvalue weighted by Crippen LogP contribution is -2.47. The van der Waals surface area contributed by atoms with Gasteiger partial charge in [-0.2, -0.15) is 0 Å². The molecule has 2 saturated heterocycles. The molecule has 0 amide bonds. The molecule has 0 radical (unpaired) electrons. The standard InChI is InChI=1S/C16H33N3O/c1-2-20-15-7-9-17-10-8-16(18-11-3-4-12-18)19-13-5-6-14-19/h16-17H,2-15H2,1H3. The van der Waals surface area contributed by atoms with E-state index in [2.05, 4.69) is 22.0 Å². The second-order valence-electron chi connectivity index (χ2n) is 6.06. The molecule has 0 spiro atoms. The zero-order chi connectivity index (χ0) is 14.0. The van der Waals surface area contributed by atoms with Gasteiger partial charge in [-0.05, 0) is 84.7 Å². The lowest BCUT2D eigenvalue weighted by Gasteiger charge is -2.35. The Hall–Kier alpha value is -0.160. The van der Waals surface area contributed by atoms with Crippen LogP contribution in [0.4, 0.5) is 0 Å². The van der Waals surface area contributed by atoms with Crippen LogP contribution >= 0.6 is 0 Å². The molecule has 4 heteroatoms. The Balaban J connectivity index is 1.62. The molecule has 0 atom stereocenters. The van der Waals surface area contributed by atoms with Gasteiger partial charge in [-0.1, -0.05) is 0 Å². The van der Waals surface area contributed by atoms with Gasteiger partial charge < -0.3 is 10.1 Å². The number of hydrogen-bond acceptors (Lipinski definition) is 4. The molecule has 0 aliphatic carbocycles. The fourth-order valence-electron chi connectivity index (χ4n) is 3.48. The maximum Gasteiger partial charge on any atom is 0.0634 e. The van der Waals surface area contributed by atoms with Crippen LogP contribution in [0.2, 0.25) is 0 Å². The number of hydrogen-bond donors (Lipinski definition) is 1. The number of rotatable bonds is 10. The smallest absolute Gasteiger partial charge is 0.0634 e. The number of likely N-dealkylation sites (tertiary alicyclic amines) is 2. The van der Waals surface area contributed by atoms with Gasteiger partial charge in [-0.25, -0.2) is 0 Å². The fraction of sp³-hybridized carbons (Fsp3) is 1.00.